The minimum Gasteiger partial charge on any atom is -0.465 e. The molecule has 0 aliphatic carbocycles. The van der Waals surface area contributed by atoms with Crippen molar-refractivity contribution in [3.8, 4) is 0 Å². The third kappa shape index (κ3) is 28.3. The largest absolute Gasteiger partial charge is 0.465 e. The molecule has 0 spiro atoms. The Labute approximate surface area is 335 Å². The first-order chi connectivity index (χ1) is 26.8. The van der Waals surface area contributed by atoms with Crippen molar-refractivity contribution in [1.29, 1.82) is 0 Å². The van der Waals surface area contributed by atoms with Crippen LogP contribution in [0, 0.1) is 11.3 Å². The molecular weight excluding hydrogens is 702 g/mol. The molecule has 324 valence electrons. The lowest BCUT2D eigenvalue weighted by Crippen LogP contribution is -2.34. The molecular formula is C44H83NO10. The number of nitrogens with one attached hydrogen (secondary N) is 1. The van der Waals surface area contributed by atoms with Crippen LogP contribution >= 0.6 is 0 Å². The monoisotopic (exact) mass is 786 g/mol. The number of esters is 3. The second kappa shape index (κ2) is 35.4. The molecule has 11 heteroatoms. The quantitative estimate of drug-likeness (QED) is 0.0277. The minimum absolute atomic E-state index is 0.0245. The van der Waals surface area contributed by atoms with Crippen molar-refractivity contribution in [3.63, 3.8) is 0 Å². The van der Waals surface area contributed by atoms with Crippen LogP contribution in [-0.4, -0.2) is 89.8 Å². The van der Waals surface area contributed by atoms with E-state index >= 15 is 0 Å². The lowest BCUT2D eigenvalue weighted by molar-refractivity contribution is -0.165. The van der Waals surface area contributed by atoms with Crippen LogP contribution in [0.2, 0.25) is 0 Å². The van der Waals surface area contributed by atoms with Crippen LogP contribution in [0.4, 0.5) is 0 Å². The zero-order valence-corrected chi connectivity index (χ0v) is 35.9. The minimum atomic E-state index is -0.609. The molecule has 3 atom stereocenters. The summed E-state index contributed by atoms with van der Waals surface area (Å²) in [6, 6.07) is 0. The van der Waals surface area contributed by atoms with E-state index in [-0.39, 0.29) is 38.6 Å². The van der Waals surface area contributed by atoms with Gasteiger partial charge >= 0.3 is 17.9 Å². The molecule has 0 aromatic heterocycles. The molecule has 0 aromatic rings. The van der Waals surface area contributed by atoms with E-state index in [0.29, 0.717) is 52.2 Å². The summed E-state index contributed by atoms with van der Waals surface area (Å²) >= 11 is 0. The Kier molecular flexibility index (Phi) is 33.0. The average molecular weight is 786 g/mol. The van der Waals surface area contributed by atoms with Gasteiger partial charge in [-0.05, 0) is 46.1 Å². The summed E-state index contributed by atoms with van der Waals surface area (Å²) < 4.78 is 40.8. The highest BCUT2D eigenvalue weighted by Gasteiger charge is 2.38. The maximum absolute atomic E-state index is 13.0. The van der Waals surface area contributed by atoms with E-state index in [9.17, 15) is 14.4 Å². The maximum Gasteiger partial charge on any atom is 0.313 e. The summed E-state index contributed by atoms with van der Waals surface area (Å²) in [7, 11) is 0. The zero-order chi connectivity index (χ0) is 40.2. The molecule has 1 heterocycles. The van der Waals surface area contributed by atoms with E-state index in [0.717, 1.165) is 45.1 Å². The van der Waals surface area contributed by atoms with Crippen LogP contribution in [0.1, 0.15) is 182 Å². The molecule has 0 bridgehead atoms. The second-order valence-corrected chi connectivity index (χ2v) is 15.6. The summed E-state index contributed by atoms with van der Waals surface area (Å²) in [6.07, 6.45) is 21.9. The topological polar surface area (TPSA) is 128 Å². The Morgan fingerprint density at radius 1 is 0.545 bits per heavy atom. The highest BCUT2D eigenvalue weighted by atomic mass is 16.7. The van der Waals surface area contributed by atoms with Gasteiger partial charge in [0.1, 0.15) is 19.8 Å². The molecule has 55 heavy (non-hydrogen) atoms. The van der Waals surface area contributed by atoms with Crippen molar-refractivity contribution in [2.24, 2.45) is 11.3 Å². The Morgan fingerprint density at radius 2 is 0.945 bits per heavy atom. The van der Waals surface area contributed by atoms with Crippen molar-refractivity contribution in [1.82, 2.24) is 5.32 Å². The highest BCUT2D eigenvalue weighted by molar-refractivity contribution is 5.77. The third-order valence-corrected chi connectivity index (χ3v) is 10.2. The van der Waals surface area contributed by atoms with Crippen molar-refractivity contribution in [3.05, 3.63) is 0 Å². The van der Waals surface area contributed by atoms with Gasteiger partial charge < -0.3 is 38.5 Å². The summed E-state index contributed by atoms with van der Waals surface area (Å²) in [5, 5.41) is 3.21. The van der Waals surface area contributed by atoms with Crippen LogP contribution in [0.3, 0.4) is 0 Å². The maximum atomic E-state index is 13.0. The van der Waals surface area contributed by atoms with Gasteiger partial charge in [-0.25, -0.2) is 0 Å². The predicted octanol–water partition coefficient (Wildman–Crippen LogP) is 9.61. The summed E-state index contributed by atoms with van der Waals surface area (Å²) in [6.45, 7) is 13.9. The van der Waals surface area contributed by atoms with Gasteiger partial charge in [0.2, 0.25) is 0 Å². The lowest BCUT2D eigenvalue weighted by atomic mass is 9.90. The molecule has 1 saturated heterocycles. The highest BCUT2D eigenvalue weighted by Crippen LogP contribution is 2.26. The van der Waals surface area contributed by atoms with Crippen molar-refractivity contribution >= 4 is 17.9 Å². The first-order valence-corrected chi connectivity index (χ1v) is 22.4. The number of unbranched alkanes of at least 4 members (excludes halogenated alkanes) is 15. The number of rotatable bonds is 39. The number of carbonyl (C=O) groups excluding carboxylic acids is 3. The Bertz CT molecular complexity index is 910. The SMILES string of the molecule is CCCCCCCCOC(CCC(=O)OCC(COC(=O)CCC(OCCCCCCCC)OCCCCCCCC)COC(=O)C1(C)CCNC1)OCC. The molecule has 0 saturated carbocycles. The Hall–Kier alpha value is -1.79. The van der Waals surface area contributed by atoms with Gasteiger partial charge in [0, 0.05) is 45.8 Å². The molecule has 1 rings (SSSR count). The molecule has 3 unspecified atom stereocenters. The average Bonchev–Trinajstić information content (AvgIpc) is 3.64. The second-order valence-electron chi connectivity index (χ2n) is 15.6. The van der Waals surface area contributed by atoms with Gasteiger partial charge in [-0.15, -0.1) is 0 Å². The first-order valence-electron chi connectivity index (χ1n) is 22.4. The fraction of sp³-hybridized carbons (Fsp3) is 0.932. The van der Waals surface area contributed by atoms with Crippen LogP contribution in [0.25, 0.3) is 0 Å². The van der Waals surface area contributed by atoms with Crippen LogP contribution in [0.15, 0.2) is 0 Å². The number of hydrogen-bond donors (Lipinski definition) is 1. The summed E-state index contributed by atoms with van der Waals surface area (Å²) in [5.41, 5.74) is -0.609. The standard InChI is InChI=1S/C44H83NO10/c1-6-10-13-16-19-22-31-50-41(49-9-4)27-25-39(46)53-34-38(36-55-43(48)44(5)29-30-45-37-44)35-54-40(47)26-28-42(51-32-23-20-17-14-11-7-2)52-33-24-21-18-15-12-8-3/h38,41-42,45H,6-37H2,1-5H3. The van der Waals surface area contributed by atoms with Crippen LogP contribution in [-0.2, 0) is 47.5 Å². The fourth-order valence-electron chi connectivity index (χ4n) is 6.45. The van der Waals surface area contributed by atoms with Crippen LogP contribution in [0.5, 0.6) is 0 Å². The van der Waals surface area contributed by atoms with E-state index in [2.05, 4.69) is 26.1 Å². The summed E-state index contributed by atoms with van der Waals surface area (Å²) in [5.74, 6) is -1.62. The van der Waals surface area contributed by atoms with Gasteiger partial charge in [-0.2, -0.15) is 0 Å². The molecule has 1 aliphatic heterocycles. The zero-order valence-electron chi connectivity index (χ0n) is 35.9. The van der Waals surface area contributed by atoms with Gasteiger partial charge in [-0.1, -0.05) is 117 Å². The number of hydrogen-bond acceptors (Lipinski definition) is 11. The van der Waals surface area contributed by atoms with E-state index in [1.165, 1.54) is 77.0 Å². The first kappa shape index (κ1) is 51.2. The van der Waals surface area contributed by atoms with Gasteiger partial charge in [0.15, 0.2) is 12.6 Å². The molecule has 1 aliphatic rings. The smallest absolute Gasteiger partial charge is 0.313 e. The van der Waals surface area contributed by atoms with Crippen molar-refractivity contribution in [2.45, 2.75) is 195 Å². The Balaban J connectivity index is 2.64. The van der Waals surface area contributed by atoms with Crippen molar-refractivity contribution < 1.29 is 47.5 Å². The van der Waals surface area contributed by atoms with E-state index in [1.807, 2.05) is 13.8 Å². The van der Waals surface area contributed by atoms with Gasteiger partial charge in [-0.3, -0.25) is 14.4 Å². The van der Waals surface area contributed by atoms with E-state index in [1.54, 1.807) is 0 Å². The summed E-state index contributed by atoms with van der Waals surface area (Å²) in [4.78, 5) is 38.7. The Morgan fingerprint density at radius 3 is 1.35 bits per heavy atom. The molecule has 1 N–H and O–H groups in total. The molecule has 0 amide bonds. The van der Waals surface area contributed by atoms with E-state index in [4.69, 9.17) is 33.2 Å². The lowest BCUT2D eigenvalue weighted by Gasteiger charge is -2.23. The van der Waals surface area contributed by atoms with Crippen molar-refractivity contribution in [2.75, 3.05) is 59.3 Å². The molecule has 0 radical (unpaired) electrons. The normalized spacial score (nSPS) is 16.7. The third-order valence-electron chi connectivity index (χ3n) is 10.2. The number of carbonyl (C=O) groups is 3. The number of ether oxygens (including phenoxy) is 7. The van der Waals surface area contributed by atoms with Crippen LogP contribution < -0.4 is 5.32 Å². The van der Waals surface area contributed by atoms with E-state index < -0.39 is 35.9 Å². The molecule has 0 aromatic carbocycles. The fourth-order valence-corrected chi connectivity index (χ4v) is 6.45. The van der Waals surface area contributed by atoms with Gasteiger partial charge in [0.25, 0.3) is 0 Å². The molecule has 1 fully saturated rings. The molecule has 11 nitrogen and oxygen atoms in total. The van der Waals surface area contributed by atoms with Gasteiger partial charge in [0.05, 0.1) is 24.2 Å². The predicted molar refractivity (Wildman–Crippen MR) is 218 cm³/mol.